The summed E-state index contributed by atoms with van der Waals surface area (Å²) in [6.07, 6.45) is 0. The molecule has 0 saturated carbocycles. The minimum absolute atomic E-state index is 0.110. The van der Waals surface area contributed by atoms with Crippen molar-refractivity contribution < 1.29 is 17.5 Å². The van der Waals surface area contributed by atoms with Crippen LogP contribution in [0.3, 0.4) is 0 Å². The maximum absolute atomic E-state index is 13.6. The van der Waals surface area contributed by atoms with Gasteiger partial charge in [0, 0.05) is 18.7 Å². The standard InChI is InChI=1S/C13H21FN2O3S/c1-9(2)15-8-10(3)20(17,18)16-13-7-11(19-4)5-6-12(13)14/h5-7,9-10,15-16H,8H2,1-4H3. The van der Waals surface area contributed by atoms with Crippen LogP contribution >= 0.6 is 0 Å². The quantitative estimate of drug-likeness (QED) is 0.808. The maximum Gasteiger partial charge on any atom is 0.236 e. The third-order valence-electron chi connectivity index (χ3n) is 2.77. The topological polar surface area (TPSA) is 67.4 Å². The number of methoxy groups -OCH3 is 1. The van der Waals surface area contributed by atoms with Gasteiger partial charge in [0.25, 0.3) is 0 Å². The fourth-order valence-electron chi connectivity index (χ4n) is 1.47. The fourth-order valence-corrected chi connectivity index (χ4v) is 2.45. The molecule has 1 unspecified atom stereocenters. The third kappa shape index (κ3) is 4.64. The minimum atomic E-state index is -3.66. The number of ether oxygens (including phenoxy) is 1. The van der Waals surface area contributed by atoms with Gasteiger partial charge in [-0.25, -0.2) is 12.8 Å². The average molecular weight is 304 g/mol. The van der Waals surface area contributed by atoms with Crippen LogP contribution in [0.15, 0.2) is 18.2 Å². The first-order chi connectivity index (χ1) is 9.26. The van der Waals surface area contributed by atoms with Gasteiger partial charge in [0.15, 0.2) is 0 Å². The number of halogens is 1. The van der Waals surface area contributed by atoms with Crippen molar-refractivity contribution in [1.82, 2.24) is 5.32 Å². The maximum atomic E-state index is 13.6. The average Bonchev–Trinajstić information content (AvgIpc) is 2.38. The SMILES string of the molecule is COc1ccc(F)c(NS(=O)(=O)C(C)CNC(C)C)c1. The molecular weight excluding hydrogens is 283 g/mol. The van der Waals surface area contributed by atoms with E-state index < -0.39 is 21.1 Å². The largest absolute Gasteiger partial charge is 0.497 e. The summed E-state index contributed by atoms with van der Waals surface area (Å²) < 4.78 is 45.0. The molecule has 0 spiro atoms. The molecule has 0 aliphatic rings. The Labute approximate surface area is 119 Å². The Morgan fingerprint density at radius 3 is 2.50 bits per heavy atom. The van der Waals surface area contributed by atoms with E-state index in [0.717, 1.165) is 6.07 Å². The molecule has 1 rings (SSSR count). The lowest BCUT2D eigenvalue weighted by Crippen LogP contribution is -2.37. The fraction of sp³-hybridized carbons (Fsp3) is 0.538. The van der Waals surface area contributed by atoms with E-state index in [1.165, 1.54) is 19.2 Å². The summed E-state index contributed by atoms with van der Waals surface area (Å²) >= 11 is 0. The summed E-state index contributed by atoms with van der Waals surface area (Å²) in [5.41, 5.74) is -0.110. The normalized spacial score (nSPS) is 13.3. The summed E-state index contributed by atoms with van der Waals surface area (Å²) in [6, 6.07) is 4.08. The van der Waals surface area contributed by atoms with Crippen LogP contribution < -0.4 is 14.8 Å². The van der Waals surface area contributed by atoms with Crippen LogP contribution in [0.1, 0.15) is 20.8 Å². The van der Waals surface area contributed by atoms with Gasteiger partial charge in [0.05, 0.1) is 18.0 Å². The molecule has 0 heterocycles. The second kappa shape index (κ2) is 6.90. The van der Waals surface area contributed by atoms with Gasteiger partial charge in [0.1, 0.15) is 11.6 Å². The Kier molecular flexibility index (Phi) is 5.76. The molecule has 1 aromatic carbocycles. The van der Waals surface area contributed by atoms with Crippen molar-refractivity contribution in [3.8, 4) is 5.75 Å². The van der Waals surface area contributed by atoms with E-state index in [9.17, 15) is 12.8 Å². The lowest BCUT2D eigenvalue weighted by Gasteiger charge is -2.17. The molecular formula is C13H21FN2O3S. The molecule has 0 saturated heterocycles. The summed E-state index contributed by atoms with van der Waals surface area (Å²) in [6.45, 7) is 5.71. The number of rotatable bonds is 7. The highest BCUT2D eigenvalue weighted by molar-refractivity contribution is 7.93. The molecule has 0 radical (unpaired) electrons. The summed E-state index contributed by atoms with van der Waals surface area (Å²) in [7, 11) is -2.23. The molecule has 7 heteroatoms. The van der Waals surface area contributed by atoms with Gasteiger partial charge < -0.3 is 10.1 Å². The highest BCUT2D eigenvalue weighted by atomic mass is 32.2. The van der Waals surface area contributed by atoms with Crippen LogP contribution in [0.2, 0.25) is 0 Å². The third-order valence-corrected chi connectivity index (χ3v) is 4.50. The van der Waals surface area contributed by atoms with Crippen molar-refractivity contribution in [1.29, 1.82) is 0 Å². The van der Waals surface area contributed by atoms with Crippen LogP contribution in [0, 0.1) is 5.82 Å². The van der Waals surface area contributed by atoms with Crippen LogP contribution in [0.5, 0.6) is 5.75 Å². The molecule has 114 valence electrons. The lowest BCUT2D eigenvalue weighted by atomic mass is 10.3. The highest BCUT2D eigenvalue weighted by Gasteiger charge is 2.22. The van der Waals surface area contributed by atoms with Crippen molar-refractivity contribution in [2.45, 2.75) is 32.1 Å². The first kappa shape index (κ1) is 16.7. The van der Waals surface area contributed by atoms with Crippen LogP contribution in [-0.2, 0) is 10.0 Å². The number of benzene rings is 1. The predicted molar refractivity (Wildman–Crippen MR) is 78.1 cm³/mol. The van der Waals surface area contributed by atoms with Crippen molar-refractivity contribution in [2.24, 2.45) is 0 Å². The zero-order valence-electron chi connectivity index (χ0n) is 12.1. The van der Waals surface area contributed by atoms with Gasteiger partial charge in [0.2, 0.25) is 10.0 Å². The molecule has 20 heavy (non-hydrogen) atoms. The Hall–Kier alpha value is -1.34. The number of sulfonamides is 1. The molecule has 0 aromatic heterocycles. The van der Waals surface area contributed by atoms with E-state index in [0.29, 0.717) is 12.3 Å². The second-order valence-electron chi connectivity index (χ2n) is 4.87. The van der Waals surface area contributed by atoms with Gasteiger partial charge in [-0.15, -0.1) is 0 Å². The van der Waals surface area contributed by atoms with Crippen molar-refractivity contribution in [2.75, 3.05) is 18.4 Å². The summed E-state index contributed by atoms with van der Waals surface area (Å²) in [4.78, 5) is 0. The van der Waals surface area contributed by atoms with Gasteiger partial charge in [-0.05, 0) is 19.1 Å². The number of anilines is 1. The van der Waals surface area contributed by atoms with E-state index in [4.69, 9.17) is 4.74 Å². The van der Waals surface area contributed by atoms with Crippen molar-refractivity contribution in [3.63, 3.8) is 0 Å². The van der Waals surface area contributed by atoms with Crippen LogP contribution in [-0.4, -0.2) is 33.4 Å². The minimum Gasteiger partial charge on any atom is -0.497 e. The monoisotopic (exact) mass is 304 g/mol. The van der Waals surface area contributed by atoms with Gasteiger partial charge >= 0.3 is 0 Å². The first-order valence-corrected chi connectivity index (χ1v) is 7.89. The number of hydrogen-bond acceptors (Lipinski definition) is 4. The molecule has 0 aliphatic heterocycles. The first-order valence-electron chi connectivity index (χ1n) is 6.35. The number of nitrogens with one attached hydrogen (secondary N) is 2. The van der Waals surface area contributed by atoms with Crippen LogP contribution in [0.25, 0.3) is 0 Å². The van der Waals surface area contributed by atoms with Crippen molar-refractivity contribution in [3.05, 3.63) is 24.0 Å². The number of hydrogen-bond donors (Lipinski definition) is 2. The smallest absolute Gasteiger partial charge is 0.236 e. The molecule has 0 fully saturated rings. The van der Waals surface area contributed by atoms with E-state index in [1.807, 2.05) is 13.8 Å². The molecule has 1 atom stereocenters. The van der Waals surface area contributed by atoms with Gasteiger partial charge in [-0.3, -0.25) is 4.72 Å². The molecule has 5 nitrogen and oxygen atoms in total. The van der Waals surface area contributed by atoms with E-state index in [2.05, 4.69) is 10.0 Å². The Morgan fingerprint density at radius 1 is 1.30 bits per heavy atom. The predicted octanol–water partition coefficient (Wildman–Crippen LogP) is 1.96. The zero-order chi connectivity index (χ0) is 15.3. The Morgan fingerprint density at radius 2 is 1.95 bits per heavy atom. The Balaban J connectivity index is 2.85. The molecule has 0 amide bonds. The second-order valence-corrected chi connectivity index (χ2v) is 6.97. The zero-order valence-corrected chi connectivity index (χ0v) is 12.9. The highest BCUT2D eigenvalue weighted by Crippen LogP contribution is 2.22. The van der Waals surface area contributed by atoms with Gasteiger partial charge in [-0.2, -0.15) is 0 Å². The van der Waals surface area contributed by atoms with Crippen molar-refractivity contribution >= 4 is 15.7 Å². The van der Waals surface area contributed by atoms with Gasteiger partial charge in [-0.1, -0.05) is 13.8 Å². The van der Waals surface area contributed by atoms with E-state index >= 15 is 0 Å². The van der Waals surface area contributed by atoms with E-state index in [1.54, 1.807) is 6.92 Å². The summed E-state index contributed by atoms with van der Waals surface area (Å²) in [5, 5.41) is 2.35. The molecule has 0 bridgehead atoms. The Bertz CT molecular complexity index is 547. The summed E-state index contributed by atoms with van der Waals surface area (Å²) in [5.74, 6) is -0.254. The molecule has 1 aromatic rings. The van der Waals surface area contributed by atoms with E-state index in [-0.39, 0.29) is 11.7 Å². The van der Waals surface area contributed by atoms with Crippen LogP contribution in [0.4, 0.5) is 10.1 Å². The molecule has 2 N–H and O–H groups in total. The lowest BCUT2D eigenvalue weighted by molar-refractivity contribution is 0.414. The molecule has 0 aliphatic carbocycles.